The van der Waals surface area contributed by atoms with E-state index in [4.69, 9.17) is 0 Å². The number of aryl methyl sites for hydroxylation is 1. The minimum absolute atomic E-state index is 0. The lowest BCUT2D eigenvalue weighted by Crippen LogP contribution is -2.50. The van der Waals surface area contributed by atoms with E-state index in [1.807, 2.05) is 0 Å². The number of carbonyl (C=O) groups excluding carboxylic acids is 1. The molecule has 0 aliphatic carbocycles. The Hall–Kier alpha value is -2.05. The van der Waals surface area contributed by atoms with E-state index in [9.17, 15) is 18.0 Å². The number of hydrogen-bond acceptors (Lipinski definition) is 2. The highest BCUT2D eigenvalue weighted by Gasteiger charge is 2.29. The van der Waals surface area contributed by atoms with Gasteiger partial charge >= 0.3 is 0 Å². The predicted octanol–water partition coefficient (Wildman–Crippen LogP) is 3.71. The Kier molecular flexibility index (Phi) is 6.67. The quantitative estimate of drug-likeness (QED) is 0.847. The molecule has 0 radical (unpaired) electrons. The first-order valence-corrected chi connectivity index (χ1v) is 8.19. The molecule has 2 aromatic carbocycles. The van der Waals surface area contributed by atoms with Gasteiger partial charge in [-0.3, -0.25) is 4.79 Å². The molecule has 3 nitrogen and oxygen atoms in total. The van der Waals surface area contributed by atoms with Gasteiger partial charge in [-0.15, -0.1) is 12.4 Å². The molecule has 1 aliphatic heterocycles. The van der Waals surface area contributed by atoms with E-state index >= 15 is 0 Å². The van der Waals surface area contributed by atoms with Gasteiger partial charge in [0.25, 0.3) is 5.91 Å². The van der Waals surface area contributed by atoms with Crippen molar-refractivity contribution in [2.75, 3.05) is 13.1 Å². The van der Waals surface area contributed by atoms with Gasteiger partial charge in [0.1, 0.15) is 5.82 Å². The van der Waals surface area contributed by atoms with Gasteiger partial charge in [-0.2, -0.15) is 0 Å². The normalized spacial score (nSPS) is 19.5. The minimum atomic E-state index is -0.911. The van der Waals surface area contributed by atoms with Crippen molar-refractivity contribution in [2.24, 2.45) is 0 Å². The summed E-state index contributed by atoms with van der Waals surface area (Å²) < 4.78 is 40.9. The molecular formula is C19H20ClF3N2O. The summed E-state index contributed by atoms with van der Waals surface area (Å²) in [5, 5.41) is 6.00. The van der Waals surface area contributed by atoms with E-state index < -0.39 is 23.4 Å². The molecule has 1 aliphatic rings. The smallest absolute Gasteiger partial charge is 0.254 e. The zero-order valence-electron chi connectivity index (χ0n) is 14.2. The van der Waals surface area contributed by atoms with Gasteiger partial charge in [-0.1, -0.05) is 18.2 Å². The third kappa shape index (κ3) is 4.19. The van der Waals surface area contributed by atoms with E-state index in [0.717, 1.165) is 12.1 Å². The number of piperidine rings is 1. The molecule has 1 amide bonds. The number of rotatable bonds is 3. The highest BCUT2D eigenvalue weighted by molar-refractivity contribution is 5.95. The molecule has 7 heteroatoms. The van der Waals surface area contributed by atoms with Gasteiger partial charge in [-0.25, -0.2) is 13.2 Å². The molecule has 1 saturated heterocycles. The Morgan fingerprint density at radius 2 is 1.92 bits per heavy atom. The molecule has 1 heterocycles. The maximum absolute atomic E-state index is 14.2. The molecule has 2 N–H and O–H groups in total. The van der Waals surface area contributed by atoms with Crippen LogP contribution in [0, 0.1) is 24.4 Å². The second kappa shape index (κ2) is 8.56. The molecule has 0 aromatic heterocycles. The van der Waals surface area contributed by atoms with Crippen molar-refractivity contribution < 1.29 is 18.0 Å². The maximum Gasteiger partial charge on any atom is 0.254 e. The van der Waals surface area contributed by atoms with Crippen molar-refractivity contribution in [1.82, 2.24) is 10.6 Å². The van der Waals surface area contributed by atoms with Crippen LogP contribution in [0.1, 0.15) is 33.8 Å². The Labute approximate surface area is 156 Å². The summed E-state index contributed by atoms with van der Waals surface area (Å²) in [5.41, 5.74) is 0.997. The van der Waals surface area contributed by atoms with Gasteiger partial charge in [-0.05, 0) is 49.2 Å². The van der Waals surface area contributed by atoms with Gasteiger partial charge in [0.05, 0.1) is 5.56 Å². The zero-order valence-corrected chi connectivity index (χ0v) is 15.0. The molecule has 26 heavy (non-hydrogen) atoms. The largest absolute Gasteiger partial charge is 0.347 e. The van der Waals surface area contributed by atoms with Gasteiger partial charge in [0.15, 0.2) is 11.6 Å². The van der Waals surface area contributed by atoms with Gasteiger partial charge < -0.3 is 10.6 Å². The number of benzene rings is 2. The molecule has 0 bridgehead atoms. The van der Waals surface area contributed by atoms with Crippen molar-refractivity contribution >= 4 is 18.3 Å². The van der Waals surface area contributed by atoms with Crippen LogP contribution in [0.15, 0.2) is 36.4 Å². The Balaban J connectivity index is 0.00000243. The van der Waals surface area contributed by atoms with Crippen LogP contribution in [-0.2, 0) is 0 Å². The molecule has 140 valence electrons. The number of halogens is 4. The summed E-state index contributed by atoms with van der Waals surface area (Å²) in [6, 6.07) is 8.09. The topological polar surface area (TPSA) is 41.1 Å². The van der Waals surface area contributed by atoms with Crippen LogP contribution in [0.3, 0.4) is 0 Å². The number of carbonyl (C=O) groups is 1. The first kappa shape index (κ1) is 20.3. The first-order chi connectivity index (χ1) is 12.0. The first-order valence-electron chi connectivity index (χ1n) is 8.19. The lowest BCUT2D eigenvalue weighted by atomic mass is 9.85. The third-order valence-corrected chi connectivity index (χ3v) is 4.61. The summed E-state index contributed by atoms with van der Waals surface area (Å²) in [6.45, 7) is 2.77. The minimum Gasteiger partial charge on any atom is -0.347 e. The number of hydrogen-bond donors (Lipinski definition) is 2. The Bertz CT molecular complexity index is 800. The predicted molar refractivity (Wildman–Crippen MR) is 96.2 cm³/mol. The average molecular weight is 385 g/mol. The molecule has 2 aromatic rings. The monoisotopic (exact) mass is 384 g/mol. The number of amides is 1. The highest BCUT2D eigenvalue weighted by Crippen LogP contribution is 2.27. The van der Waals surface area contributed by atoms with Crippen molar-refractivity contribution in [3.05, 3.63) is 70.5 Å². The lowest BCUT2D eigenvalue weighted by molar-refractivity contribution is 0.0920. The van der Waals surface area contributed by atoms with Crippen LogP contribution in [0.5, 0.6) is 0 Å². The van der Waals surface area contributed by atoms with E-state index in [1.54, 1.807) is 19.1 Å². The van der Waals surface area contributed by atoms with E-state index in [0.29, 0.717) is 30.6 Å². The number of nitrogens with one attached hydrogen (secondary N) is 2. The molecule has 2 atom stereocenters. The van der Waals surface area contributed by atoms with Crippen LogP contribution in [-0.4, -0.2) is 25.0 Å². The molecule has 2 unspecified atom stereocenters. The fraction of sp³-hybridized carbons (Fsp3) is 0.316. The van der Waals surface area contributed by atoms with E-state index in [1.165, 1.54) is 12.1 Å². The van der Waals surface area contributed by atoms with Crippen LogP contribution in [0.4, 0.5) is 13.2 Å². The van der Waals surface area contributed by atoms with Crippen LogP contribution in [0.25, 0.3) is 0 Å². The summed E-state index contributed by atoms with van der Waals surface area (Å²) >= 11 is 0. The lowest BCUT2D eigenvalue weighted by Gasteiger charge is -2.33. The van der Waals surface area contributed by atoms with Crippen molar-refractivity contribution in [2.45, 2.75) is 25.3 Å². The van der Waals surface area contributed by atoms with E-state index in [-0.39, 0.29) is 29.9 Å². The summed E-state index contributed by atoms with van der Waals surface area (Å²) in [4.78, 5) is 12.5. The van der Waals surface area contributed by atoms with Crippen molar-refractivity contribution in [1.29, 1.82) is 0 Å². The average Bonchev–Trinajstić information content (AvgIpc) is 2.60. The van der Waals surface area contributed by atoms with Crippen LogP contribution >= 0.6 is 12.4 Å². The SMILES string of the molecule is Cc1cccc(C(=O)NC2CNCCC2c2ccc(F)c(F)c2)c1F.Cl. The summed E-state index contributed by atoms with van der Waals surface area (Å²) in [5.74, 6) is -3.05. The second-order valence-electron chi connectivity index (χ2n) is 6.29. The van der Waals surface area contributed by atoms with Crippen LogP contribution in [0.2, 0.25) is 0 Å². The van der Waals surface area contributed by atoms with Crippen molar-refractivity contribution in [3.8, 4) is 0 Å². The van der Waals surface area contributed by atoms with Gasteiger partial charge in [0.2, 0.25) is 0 Å². The third-order valence-electron chi connectivity index (χ3n) is 4.61. The molecule has 3 rings (SSSR count). The molecule has 0 saturated carbocycles. The summed E-state index contributed by atoms with van der Waals surface area (Å²) in [7, 11) is 0. The molecular weight excluding hydrogens is 365 g/mol. The fourth-order valence-electron chi connectivity index (χ4n) is 3.22. The standard InChI is InChI=1S/C19H19F3N2O.ClH/c1-11-3-2-4-14(18(11)22)19(25)24-17-10-23-8-7-13(17)12-5-6-15(20)16(21)9-12;/h2-6,9,13,17,23H,7-8,10H2,1H3,(H,24,25);1H. The van der Waals surface area contributed by atoms with Crippen LogP contribution < -0.4 is 10.6 Å². The van der Waals surface area contributed by atoms with Gasteiger partial charge in [0, 0.05) is 18.5 Å². The van der Waals surface area contributed by atoms with Crippen molar-refractivity contribution in [3.63, 3.8) is 0 Å². The Morgan fingerprint density at radius 1 is 1.15 bits per heavy atom. The zero-order chi connectivity index (χ0) is 18.0. The summed E-state index contributed by atoms with van der Waals surface area (Å²) in [6.07, 6.45) is 0.659. The second-order valence-corrected chi connectivity index (χ2v) is 6.29. The highest BCUT2D eigenvalue weighted by atomic mass is 35.5. The maximum atomic E-state index is 14.2. The molecule has 0 spiro atoms. The molecule has 1 fully saturated rings. The van der Waals surface area contributed by atoms with E-state index in [2.05, 4.69) is 10.6 Å². The fourth-order valence-corrected chi connectivity index (χ4v) is 3.22. The Morgan fingerprint density at radius 3 is 2.65 bits per heavy atom.